The maximum absolute atomic E-state index is 10.5. The molecule has 148 valence electrons. The molecule has 4 aromatic heterocycles. The van der Waals surface area contributed by atoms with Gasteiger partial charge in [-0.2, -0.15) is 5.10 Å². The highest BCUT2D eigenvalue weighted by molar-refractivity contribution is 6.13. The Kier molecular flexibility index (Phi) is 4.85. The molecule has 0 aliphatic heterocycles. The van der Waals surface area contributed by atoms with Crippen molar-refractivity contribution >= 4 is 22.3 Å². The molecular weight excluding hydrogens is 368 g/mol. The lowest BCUT2D eigenvalue weighted by atomic mass is 10.0. The molecule has 0 bridgehead atoms. The second kappa shape index (κ2) is 7.48. The molecule has 3 N–H and O–H groups in total. The smallest absolute Gasteiger partial charge is 0.198 e. The normalized spacial score (nSPS) is 13.2. The minimum Gasteiger partial charge on any atom is -0.494 e. The van der Waals surface area contributed by atoms with E-state index >= 15 is 0 Å². The fourth-order valence-electron chi connectivity index (χ4n) is 3.36. The number of aliphatic hydroxyl groups is 1. The molecule has 0 aliphatic carbocycles. The summed E-state index contributed by atoms with van der Waals surface area (Å²) in [6.45, 7) is 5.95. The van der Waals surface area contributed by atoms with Gasteiger partial charge >= 0.3 is 0 Å². The van der Waals surface area contributed by atoms with E-state index in [1.165, 1.54) is 0 Å². The van der Waals surface area contributed by atoms with Gasteiger partial charge in [0.25, 0.3) is 0 Å². The zero-order valence-corrected chi connectivity index (χ0v) is 16.5. The van der Waals surface area contributed by atoms with Crippen LogP contribution in [0.1, 0.15) is 25.0 Å². The minimum absolute atomic E-state index is 0.0412. The summed E-state index contributed by atoms with van der Waals surface area (Å²) in [7, 11) is 0. The van der Waals surface area contributed by atoms with Crippen LogP contribution in [0.25, 0.3) is 22.2 Å². The molecule has 0 amide bonds. The monoisotopic (exact) mass is 390 g/mol. The van der Waals surface area contributed by atoms with Gasteiger partial charge in [0.1, 0.15) is 5.69 Å². The Morgan fingerprint density at radius 1 is 1.31 bits per heavy atom. The number of rotatable bonds is 5. The molecule has 0 radical (unpaired) electrons. The van der Waals surface area contributed by atoms with E-state index in [2.05, 4.69) is 25.0 Å². The van der Waals surface area contributed by atoms with E-state index in [1.807, 2.05) is 26.0 Å². The molecule has 0 unspecified atom stereocenters. The maximum Gasteiger partial charge on any atom is 0.198 e. The first kappa shape index (κ1) is 18.8. The van der Waals surface area contributed by atoms with E-state index < -0.39 is 6.10 Å². The molecule has 0 saturated carbocycles. The third-order valence-corrected chi connectivity index (χ3v) is 4.71. The second-order valence-corrected chi connectivity index (χ2v) is 7.12. The fraction of sp³-hybridized carbons (Fsp3) is 0.238. The molecule has 0 fully saturated rings. The molecule has 4 rings (SSSR count). The van der Waals surface area contributed by atoms with Crippen LogP contribution in [0.2, 0.25) is 0 Å². The number of aliphatic hydroxyl groups excluding tert-OH is 1. The summed E-state index contributed by atoms with van der Waals surface area (Å²) >= 11 is 0. The van der Waals surface area contributed by atoms with Crippen molar-refractivity contribution in [3.05, 3.63) is 54.2 Å². The largest absolute Gasteiger partial charge is 0.494 e. The number of aromatic amines is 1. The average Bonchev–Trinajstić information content (AvgIpc) is 3.23. The molecule has 8 nitrogen and oxygen atoms in total. The highest BCUT2D eigenvalue weighted by Gasteiger charge is 2.16. The van der Waals surface area contributed by atoms with Crippen molar-refractivity contribution in [2.75, 3.05) is 0 Å². The van der Waals surface area contributed by atoms with E-state index in [4.69, 9.17) is 0 Å². The van der Waals surface area contributed by atoms with Crippen molar-refractivity contribution in [1.29, 1.82) is 0 Å². The Balaban J connectivity index is 1.76. The Labute approximate surface area is 167 Å². The standard InChI is InChI=1S/C21H22N6O2/c1-12-4-5-22-8-17(12)18-6-16-19(9-23-18)26-21(29)20(16)14(3)25-15-7-24-27(11-15)10-13(2)28/h4-9,11,13,26,28-29H,10H2,1-3H3/t13-/m1/s1. The van der Waals surface area contributed by atoms with Crippen LogP contribution in [0.3, 0.4) is 0 Å². The van der Waals surface area contributed by atoms with E-state index in [1.54, 1.807) is 42.6 Å². The summed E-state index contributed by atoms with van der Waals surface area (Å²) in [6, 6.07) is 3.87. The van der Waals surface area contributed by atoms with Gasteiger partial charge < -0.3 is 15.2 Å². The van der Waals surface area contributed by atoms with Crippen LogP contribution in [-0.4, -0.2) is 46.8 Å². The lowest BCUT2D eigenvalue weighted by molar-refractivity contribution is 0.168. The summed E-state index contributed by atoms with van der Waals surface area (Å²) in [5, 5.41) is 25.0. The van der Waals surface area contributed by atoms with Gasteiger partial charge in [0, 0.05) is 23.3 Å². The van der Waals surface area contributed by atoms with E-state index in [-0.39, 0.29) is 5.88 Å². The van der Waals surface area contributed by atoms with Crippen molar-refractivity contribution in [2.45, 2.75) is 33.4 Å². The number of aryl methyl sites for hydroxylation is 1. The van der Waals surface area contributed by atoms with E-state index in [9.17, 15) is 10.2 Å². The van der Waals surface area contributed by atoms with Crippen molar-refractivity contribution in [1.82, 2.24) is 24.7 Å². The van der Waals surface area contributed by atoms with Crippen LogP contribution < -0.4 is 0 Å². The van der Waals surface area contributed by atoms with Crippen LogP contribution in [0, 0.1) is 6.92 Å². The molecular formula is C21H22N6O2. The summed E-state index contributed by atoms with van der Waals surface area (Å²) in [5.41, 5.74) is 5.43. The second-order valence-electron chi connectivity index (χ2n) is 7.12. The number of fused-ring (bicyclic) bond motifs is 1. The highest BCUT2D eigenvalue weighted by atomic mass is 16.3. The quantitative estimate of drug-likeness (QED) is 0.452. The van der Waals surface area contributed by atoms with Gasteiger partial charge in [0.05, 0.1) is 53.7 Å². The van der Waals surface area contributed by atoms with Gasteiger partial charge in [-0.05, 0) is 38.5 Å². The first-order valence-corrected chi connectivity index (χ1v) is 9.30. The number of nitrogens with one attached hydrogen (secondary N) is 1. The van der Waals surface area contributed by atoms with Crippen LogP contribution >= 0.6 is 0 Å². The van der Waals surface area contributed by atoms with Gasteiger partial charge in [-0.3, -0.25) is 14.6 Å². The SMILES string of the molecule is CC(=Nc1cnn(C[C@@H](C)O)c1)c1c(O)[nH]c2cnc(-c3cnccc3C)cc12. The first-order chi connectivity index (χ1) is 13.9. The predicted octanol–water partition coefficient (Wildman–Crippen LogP) is 3.36. The van der Waals surface area contributed by atoms with Crippen LogP contribution in [0.15, 0.2) is 48.1 Å². The summed E-state index contributed by atoms with van der Waals surface area (Å²) in [5.74, 6) is 0.0412. The number of aromatic hydroxyl groups is 1. The molecule has 1 atom stereocenters. The highest BCUT2D eigenvalue weighted by Crippen LogP contribution is 2.32. The first-order valence-electron chi connectivity index (χ1n) is 9.30. The van der Waals surface area contributed by atoms with E-state index in [0.717, 1.165) is 27.7 Å². The molecule has 0 spiro atoms. The van der Waals surface area contributed by atoms with E-state index in [0.29, 0.717) is 23.5 Å². The Hall–Kier alpha value is -3.52. The number of hydrogen-bond donors (Lipinski definition) is 3. The number of aromatic nitrogens is 5. The van der Waals surface area contributed by atoms with Crippen molar-refractivity contribution in [3.63, 3.8) is 0 Å². The average molecular weight is 390 g/mol. The Bertz CT molecular complexity index is 1210. The van der Waals surface area contributed by atoms with Gasteiger partial charge in [-0.1, -0.05) is 0 Å². The topological polar surface area (TPSA) is 112 Å². The van der Waals surface area contributed by atoms with Gasteiger partial charge in [-0.25, -0.2) is 4.99 Å². The van der Waals surface area contributed by atoms with Gasteiger partial charge in [-0.15, -0.1) is 0 Å². The zero-order chi connectivity index (χ0) is 20.5. The number of nitrogens with zero attached hydrogens (tertiary/aromatic N) is 5. The number of aliphatic imine (C=N–C) groups is 1. The summed E-state index contributed by atoms with van der Waals surface area (Å²) < 4.78 is 1.64. The Morgan fingerprint density at radius 3 is 2.90 bits per heavy atom. The third kappa shape index (κ3) is 3.74. The van der Waals surface area contributed by atoms with Crippen LogP contribution in [-0.2, 0) is 6.54 Å². The Morgan fingerprint density at radius 2 is 2.14 bits per heavy atom. The van der Waals surface area contributed by atoms with Crippen molar-refractivity contribution in [2.24, 2.45) is 4.99 Å². The maximum atomic E-state index is 10.5. The number of H-pyrrole nitrogens is 1. The third-order valence-electron chi connectivity index (χ3n) is 4.71. The predicted molar refractivity (Wildman–Crippen MR) is 112 cm³/mol. The number of hydrogen-bond acceptors (Lipinski definition) is 6. The van der Waals surface area contributed by atoms with Gasteiger partial charge in [0.2, 0.25) is 0 Å². The zero-order valence-electron chi connectivity index (χ0n) is 16.5. The molecule has 29 heavy (non-hydrogen) atoms. The number of pyridine rings is 2. The molecule has 4 aromatic rings. The minimum atomic E-state index is -0.493. The summed E-state index contributed by atoms with van der Waals surface area (Å²) in [6.07, 6.45) is 8.13. The van der Waals surface area contributed by atoms with Gasteiger partial charge in [0.15, 0.2) is 5.88 Å². The molecule has 0 aromatic carbocycles. The fourth-order valence-corrected chi connectivity index (χ4v) is 3.36. The molecule has 4 heterocycles. The van der Waals surface area contributed by atoms with Crippen molar-refractivity contribution in [3.8, 4) is 17.1 Å². The molecule has 8 heteroatoms. The molecule has 0 saturated heterocycles. The van der Waals surface area contributed by atoms with Crippen LogP contribution in [0.4, 0.5) is 5.69 Å². The van der Waals surface area contributed by atoms with Crippen molar-refractivity contribution < 1.29 is 10.2 Å². The van der Waals surface area contributed by atoms with Crippen LogP contribution in [0.5, 0.6) is 5.88 Å². The summed E-state index contributed by atoms with van der Waals surface area (Å²) in [4.78, 5) is 16.3. The molecule has 0 aliphatic rings. The lowest BCUT2D eigenvalue weighted by Gasteiger charge is -2.05. The lowest BCUT2D eigenvalue weighted by Crippen LogP contribution is -2.11.